The lowest BCUT2D eigenvalue weighted by atomic mass is 10.1. The summed E-state index contributed by atoms with van der Waals surface area (Å²) in [6.07, 6.45) is 9.62. The van der Waals surface area contributed by atoms with Crippen LogP contribution in [-0.4, -0.2) is 8.07 Å². The van der Waals surface area contributed by atoms with E-state index in [4.69, 9.17) is 0 Å². The lowest BCUT2D eigenvalue weighted by molar-refractivity contribution is 0.608. The molecule has 0 bridgehead atoms. The number of unbranched alkanes of at least 4 members (excludes halogenated alkanes) is 5. The smallest absolute Gasteiger partial charge is 0.0907 e. The molecule has 22 heavy (non-hydrogen) atoms. The number of hydrogen-bond acceptors (Lipinski definition) is 2. The molecule has 0 aliphatic carbocycles. The third-order valence-corrected chi connectivity index (χ3v) is 9.94. The Morgan fingerprint density at radius 1 is 0.955 bits per heavy atom. The highest BCUT2D eigenvalue weighted by atomic mass is 32.1. The molecule has 0 aliphatic rings. The topological polar surface area (TPSA) is 0 Å². The quantitative estimate of drug-likeness (QED) is 0.340. The molecule has 0 radical (unpaired) electrons. The van der Waals surface area contributed by atoms with Crippen LogP contribution in [0.1, 0.15) is 51.0 Å². The van der Waals surface area contributed by atoms with Gasteiger partial charge in [0.2, 0.25) is 0 Å². The molecule has 0 amide bonds. The van der Waals surface area contributed by atoms with Gasteiger partial charge in [-0.3, -0.25) is 0 Å². The summed E-state index contributed by atoms with van der Waals surface area (Å²) in [5.41, 5.74) is 1.66. The summed E-state index contributed by atoms with van der Waals surface area (Å²) >= 11 is 3.94. The van der Waals surface area contributed by atoms with Gasteiger partial charge in [-0.25, -0.2) is 0 Å². The normalized spacial score (nSPS) is 12.0. The van der Waals surface area contributed by atoms with Crippen molar-refractivity contribution >= 4 is 35.2 Å². The van der Waals surface area contributed by atoms with Gasteiger partial charge in [0.25, 0.3) is 0 Å². The monoisotopic (exact) mass is 350 g/mol. The maximum Gasteiger partial charge on any atom is 0.0907 e. The fraction of sp³-hybridized carbons (Fsp3) is 0.579. The van der Waals surface area contributed by atoms with Gasteiger partial charge in [-0.05, 0) is 40.4 Å². The van der Waals surface area contributed by atoms with Gasteiger partial charge in [0.05, 0.1) is 8.07 Å². The van der Waals surface area contributed by atoms with E-state index in [1.54, 1.807) is 10.1 Å². The van der Waals surface area contributed by atoms with Gasteiger partial charge in [0, 0.05) is 9.75 Å². The van der Waals surface area contributed by atoms with Gasteiger partial charge in [0.1, 0.15) is 0 Å². The largest absolute Gasteiger partial charge is 0.144 e. The summed E-state index contributed by atoms with van der Waals surface area (Å²) in [5.74, 6) is 0. The average Bonchev–Trinajstić information content (AvgIpc) is 3.10. The highest BCUT2D eigenvalue weighted by Crippen LogP contribution is 2.32. The third-order valence-electron chi connectivity index (χ3n) is 4.05. The Labute approximate surface area is 145 Å². The highest BCUT2D eigenvalue weighted by molar-refractivity contribution is 7.30. The predicted octanol–water partition coefficient (Wildman–Crippen LogP) is 6.92. The van der Waals surface area contributed by atoms with Crippen molar-refractivity contribution in [3.8, 4) is 9.75 Å². The van der Waals surface area contributed by atoms with Crippen molar-refractivity contribution in [2.45, 2.75) is 71.5 Å². The zero-order valence-corrected chi connectivity index (χ0v) is 17.2. The minimum atomic E-state index is -1.23. The first kappa shape index (κ1) is 18.0. The van der Waals surface area contributed by atoms with Crippen LogP contribution in [0.3, 0.4) is 0 Å². The van der Waals surface area contributed by atoms with E-state index in [9.17, 15) is 0 Å². The van der Waals surface area contributed by atoms with Crippen molar-refractivity contribution in [3.05, 3.63) is 29.1 Å². The molecule has 0 saturated carbocycles. The average molecular weight is 351 g/mol. The summed E-state index contributed by atoms with van der Waals surface area (Å²) in [5, 5.41) is 2.19. The fourth-order valence-electron chi connectivity index (χ4n) is 2.89. The van der Waals surface area contributed by atoms with Gasteiger partial charge in [0.15, 0.2) is 0 Å². The van der Waals surface area contributed by atoms with Gasteiger partial charge in [-0.1, -0.05) is 64.7 Å². The maximum atomic E-state index is 2.50. The molecule has 0 saturated heterocycles. The molecule has 0 spiro atoms. The SMILES string of the molecule is CCCCCCCCc1cc(-c2cccs2)sc1[Si](C)(C)C. The van der Waals surface area contributed by atoms with Gasteiger partial charge >= 0.3 is 0 Å². The van der Waals surface area contributed by atoms with Crippen LogP contribution in [0.15, 0.2) is 23.6 Å². The highest BCUT2D eigenvalue weighted by Gasteiger charge is 2.23. The summed E-state index contributed by atoms with van der Waals surface area (Å²) in [6, 6.07) is 6.93. The van der Waals surface area contributed by atoms with E-state index in [0.717, 1.165) is 0 Å². The maximum absolute atomic E-state index is 2.50. The molecule has 0 nitrogen and oxygen atoms in total. The second-order valence-electron chi connectivity index (χ2n) is 7.21. The van der Waals surface area contributed by atoms with Crippen LogP contribution in [0, 0.1) is 0 Å². The molecule has 2 aromatic heterocycles. The Morgan fingerprint density at radius 2 is 1.68 bits per heavy atom. The Kier molecular flexibility index (Phi) is 6.91. The van der Waals surface area contributed by atoms with Crippen molar-refractivity contribution < 1.29 is 0 Å². The molecule has 122 valence electrons. The molecule has 2 heterocycles. The van der Waals surface area contributed by atoms with Crippen LogP contribution in [-0.2, 0) is 6.42 Å². The number of rotatable bonds is 9. The van der Waals surface area contributed by atoms with Crippen molar-refractivity contribution in [2.75, 3.05) is 0 Å². The standard InChI is InChI=1S/C19H30S2Si/c1-5-6-7-8-9-10-12-16-15-18(17-13-11-14-20-17)21-19(16)22(2,3)4/h11,13-15H,5-10,12H2,1-4H3. The first-order chi connectivity index (χ1) is 10.5. The van der Waals surface area contributed by atoms with Crippen molar-refractivity contribution in [1.29, 1.82) is 0 Å². The molecule has 2 aromatic rings. The summed E-state index contributed by atoms with van der Waals surface area (Å²) in [7, 11) is -1.23. The predicted molar refractivity (Wildman–Crippen MR) is 108 cm³/mol. The van der Waals surface area contributed by atoms with E-state index in [1.807, 2.05) is 11.3 Å². The molecule has 0 aliphatic heterocycles. The minimum absolute atomic E-state index is 1.23. The molecule has 0 aromatic carbocycles. The van der Waals surface area contributed by atoms with E-state index in [2.05, 4.69) is 61.5 Å². The van der Waals surface area contributed by atoms with Crippen molar-refractivity contribution in [2.24, 2.45) is 0 Å². The second kappa shape index (κ2) is 8.46. The number of hydrogen-bond donors (Lipinski definition) is 0. The first-order valence-corrected chi connectivity index (χ1v) is 13.9. The van der Waals surface area contributed by atoms with E-state index in [1.165, 1.54) is 54.7 Å². The van der Waals surface area contributed by atoms with Crippen LogP contribution in [0.5, 0.6) is 0 Å². The van der Waals surface area contributed by atoms with Crippen molar-refractivity contribution in [1.82, 2.24) is 0 Å². The van der Waals surface area contributed by atoms with Crippen LogP contribution in [0.25, 0.3) is 9.75 Å². The number of aryl methyl sites for hydroxylation is 1. The zero-order chi connectivity index (χ0) is 16.0. The second-order valence-corrected chi connectivity index (χ2v) is 14.6. The van der Waals surface area contributed by atoms with Gasteiger partial charge in [-0.15, -0.1) is 22.7 Å². The Morgan fingerprint density at radius 3 is 2.32 bits per heavy atom. The summed E-state index contributed by atoms with van der Waals surface area (Å²) < 4.78 is 1.73. The molecular formula is C19H30S2Si. The lowest BCUT2D eigenvalue weighted by Gasteiger charge is -2.16. The minimum Gasteiger partial charge on any atom is -0.144 e. The van der Waals surface area contributed by atoms with Crippen LogP contribution < -0.4 is 4.50 Å². The Bertz CT molecular complexity index is 546. The van der Waals surface area contributed by atoms with Gasteiger partial charge < -0.3 is 0 Å². The van der Waals surface area contributed by atoms with Crippen LogP contribution >= 0.6 is 22.7 Å². The van der Waals surface area contributed by atoms with E-state index < -0.39 is 8.07 Å². The van der Waals surface area contributed by atoms with Crippen LogP contribution in [0.2, 0.25) is 19.6 Å². The number of thiophene rings is 2. The Hall–Kier alpha value is -0.383. The molecule has 0 N–H and O–H groups in total. The Balaban J connectivity index is 2.02. The molecular weight excluding hydrogens is 320 g/mol. The fourth-order valence-corrected chi connectivity index (χ4v) is 7.39. The molecule has 3 heteroatoms. The van der Waals surface area contributed by atoms with E-state index in [-0.39, 0.29) is 0 Å². The summed E-state index contributed by atoms with van der Waals surface area (Å²) in [4.78, 5) is 2.94. The molecule has 2 rings (SSSR count). The zero-order valence-electron chi connectivity index (χ0n) is 14.6. The summed E-state index contributed by atoms with van der Waals surface area (Å²) in [6.45, 7) is 9.75. The van der Waals surface area contributed by atoms with Crippen molar-refractivity contribution in [3.63, 3.8) is 0 Å². The lowest BCUT2D eigenvalue weighted by Crippen LogP contribution is -2.37. The van der Waals surface area contributed by atoms with Gasteiger partial charge in [-0.2, -0.15) is 0 Å². The third kappa shape index (κ3) is 5.07. The first-order valence-electron chi connectivity index (χ1n) is 8.69. The molecule has 0 unspecified atom stereocenters. The van der Waals surface area contributed by atoms with E-state index >= 15 is 0 Å². The van der Waals surface area contributed by atoms with Crippen LogP contribution in [0.4, 0.5) is 0 Å². The van der Waals surface area contributed by atoms with E-state index in [0.29, 0.717) is 0 Å². The molecule has 0 fully saturated rings. The molecule has 0 atom stereocenters.